The van der Waals surface area contributed by atoms with Crippen molar-refractivity contribution in [3.8, 4) is 5.75 Å². The van der Waals surface area contributed by atoms with Crippen LogP contribution in [0.1, 0.15) is 25.0 Å². The third kappa shape index (κ3) is 5.64. The molecular weight excluding hydrogens is 240 g/mol. The summed E-state index contributed by atoms with van der Waals surface area (Å²) in [6.07, 6.45) is 0.764. The minimum absolute atomic E-state index is 0.111. The van der Waals surface area contributed by atoms with Gasteiger partial charge in [-0.1, -0.05) is 31.5 Å². The zero-order valence-electron chi connectivity index (χ0n) is 12.2. The van der Waals surface area contributed by atoms with E-state index in [1.165, 1.54) is 5.56 Å². The molecule has 0 unspecified atom stereocenters. The number of urea groups is 1. The summed E-state index contributed by atoms with van der Waals surface area (Å²) in [5, 5.41) is 5.68. The predicted octanol–water partition coefficient (Wildman–Crippen LogP) is 2.50. The average molecular weight is 264 g/mol. The van der Waals surface area contributed by atoms with Crippen molar-refractivity contribution in [2.24, 2.45) is 5.92 Å². The number of ether oxygens (including phenoxy) is 1. The van der Waals surface area contributed by atoms with Gasteiger partial charge < -0.3 is 15.4 Å². The van der Waals surface area contributed by atoms with Gasteiger partial charge in [-0.3, -0.25) is 0 Å². The molecule has 0 saturated heterocycles. The van der Waals surface area contributed by atoms with Crippen molar-refractivity contribution in [1.82, 2.24) is 10.6 Å². The first-order chi connectivity index (χ1) is 9.02. The molecule has 0 aliphatic heterocycles. The standard InChI is InChI=1S/C15H24N2O2/c1-11(2)10-17-15(18)16-8-7-13-9-12(3)5-6-14(13)19-4/h5-6,9,11H,7-8,10H2,1-4H3,(H2,16,17,18). The van der Waals surface area contributed by atoms with Gasteiger partial charge in [0.15, 0.2) is 0 Å². The zero-order chi connectivity index (χ0) is 14.3. The SMILES string of the molecule is COc1ccc(C)cc1CCNC(=O)NCC(C)C. The molecule has 1 rings (SSSR count). The van der Waals surface area contributed by atoms with Crippen molar-refractivity contribution >= 4 is 6.03 Å². The number of aryl methyl sites for hydroxylation is 1. The van der Waals surface area contributed by atoms with Crippen molar-refractivity contribution in [3.05, 3.63) is 29.3 Å². The molecule has 2 amide bonds. The Hall–Kier alpha value is -1.71. The summed E-state index contributed by atoms with van der Waals surface area (Å²) >= 11 is 0. The number of methoxy groups -OCH3 is 1. The molecule has 2 N–H and O–H groups in total. The lowest BCUT2D eigenvalue weighted by Crippen LogP contribution is -2.38. The maximum atomic E-state index is 11.5. The first-order valence-electron chi connectivity index (χ1n) is 6.68. The van der Waals surface area contributed by atoms with Gasteiger partial charge in [0, 0.05) is 13.1 Å². The Balaban J connectivity index is 2.40. The van der Waals surface area contributed by atoms with E-state index < -0.39 is 0 Å². The normalized spacial score (nSPS) is 10.4. The summed E-state index contributed by atoms with van der Waals surface area (Å²) in [5.41, 5.74) is 2.31. The highest BCUT2D eigenvalue weighted by atomic mass is 16.5. The first kappa shape index (κ1) is 15.3. The number of nitrogens with one attached hydrogen (secondary N) is 2. The van der Waals surface area contributed by atoms with Crippen molar-refractivity contribution < 1.29 is 9.53 Å². The Bertz CT molecular complexity index is 417. The first-order valence-corrected chi connectivity index (χ1v) is 6.68. The lowest BCUT2D eigenvalue weighted by molar-refractivity contribution is 0.239. The molecule has 1 aromatic rings. The van der Waals surface area contributed by atoms with Crippen molar-refractivity contribution in [3.63, 3.8) is 0 Å². The van der Waals surface area contributed by atoms with Crippen LogP contribution >= 0.6 is 0 Å². The van der Waals surface area contributed by atoms with Crippen LogP contribution in [0.25, 0.3) is 0 Å². The average Bonchev–Trinajstić information content (AvgIpc) is 2.36. The Kier molecular flexibility index (Phi) is 6.19. The van der Waals surface area contributed by atoms with E-state index in [0.717, 1.165) is 17.7 Å². The van der Waals surface area contributed by atoms with Gasteiger partial charge in [-0.25, -0.2) is 4.79 Å². The predicted molar refractivity (Wildman–Crippen MR) is 77.7 cm³/mol. The Labute approximate surface area is 115 Å². The van der Waals surface area contributed by atoms with Crippen molar-refractivity contribution in [2.75, 3.05) is 20.2 Å². The Morgan fingerprint density at radius 1 is 1.32 bits per heavy atom. The lowest BCUT2D eigenvalue weighted by Gasteiger charge is -2.11. The zero-order valence-corrected chi connectivity index (χ0v) is 12.2. The van der Waals surface area contributed by atoms with Gasteiger partial charge >= 0.3 is 6.03 Å². The van der Waals surface area contributed by atoms with Crippen LogP contribution in [0.5, 0.6) is 5.75 Å². The molecule has 106 valence electrons. The Morgan fingerprint density at radius 3 is 2.68 bits per heavy atom. The number of rotatable bonds is 6. The molecule has 0 atom stereocenters. The van der Waals surface area contributed by atoms with Crippen LogP contribution in [0, 0.1) is 12.8 Å². The number of benzene rings is 1. The van der Waals surface area contributed by atoms with Crippen molar-refractivity contribution in [2.45, 2.75) is 27.2 Å². The molecule has 0 radical (unpaired) electrons. The van der Waals surface area contributed by atoms with E-state index in [0.29, 0.717) is 19.0 Å². The van der Waals surface area contributed by atoms with Crippen LogP contribution in [-0.4, -0.2) is 26.2 Å². The fraction of sp³-hybridized carbons (Fsp3) is 0.533. The van der Waals surface area contributed by atoms with Gasteiger partial charge in [-0.15, -0.1) is 0 Å². The number of carbonyl (C=O) groups excluding carboxylic acids is 1. The van der Waals surface area contributed by atoms with Crippen LogP contribution in [0.4, 0.5) is 4.79 Å². The largest absolute Gasteiger partial charge is 0.496 e. The minimum Gasteiger partial charge on any atom is -0.496 e. The summed E-state index contributed by atoms with van der Waals surface area (Å²) in [4.78, 5) is 11.5. The molecule has 0 bridgehead atoms. The second-order valence-corrected chi connectivity index (χ2v) is 5.10. The number of carbonyl (C=O) groups is 1. The highest BCUT2D eigenvalue weighted by molar-refractivity contribution is 5.73. The maximum absolute atomic E-state index is 11.5. The van der Waals surface area contributed by atoms with Gasteiger partial charge in [-0.2, -0.15) is 0 Å². The molecule has 0 aliphatic rings. The van der Waals surface area contributed by atoms with E-state index in [4.69, 9.17) is 4.74 Å². The Morgan fingerprint density at radius 2 is 2.05 bits per heavy atom. The third-order valence-electron chi connectivity index (χ3n) is 2.79. The van der Waals surface area contributed by atoms with Gasteiger partial charge in [-0.05, 0) is 30.9 Å². The van der Waals surface area contributed by atoms with Gasteiger partial charge in [0.25, 0.3) is 0 Å². The van der Waals surface area contributed by atoms with E-state index in [9.17, 15) is 4.79 Å². The summed E-state index contributed by atoms with van der Waals surface area (Å²) in [6.45, 7) is 7.48. The van der Waals surface area contributed by atoms with Gasteiger partial charge in [0.1, 0.15) is 5.75 Å². The molecule has 19 heavy (non-hydrogen) atoms. The van der Waals surface area contributed by atoms with Crippen LogP contribution in [0.15, 0.2) is 18.2 Å². The van der Waals surface area contributed by atoms with E-state index in [-0.39, 0.29) is 6.03 Å². The number of hydrogen-bond acceptors (Lipinski definition) is 2. The molecule has 0 heterocycles. The molecular formula is C15H24N2O2. The number of amides is 2. The molecule has 4 nitrogen and oxygen atoms in total. The van der Waals surface area contributed by atoms with E-state index in [1.807, 2.05) is 19.1 Å². The molecule has 0 saturated carbocycles. The summed E-state index contributed by atoms with van der Waals surface area (Å²) in [7, 11) is 1.66. The van der Waals surface area contributed by atoms with E-state index >= 15 is 0 Å². The molecule has 0 fully saturated rings. The molecule has 0 spiro atoms. The van der Waals surface area contributed by atoms with E-state index in [1.54, 1.807) is 7.11 Å². The lowest BCUT2D eigenvalue weighted by atomic mass is 10.1. The molecule has 0 aliphatic carbocycles. The quantitative estimate of drug-likeness (QED) is 0.829. The second-order valence-electron chi connectivity index (χ2n) is 5.10. The molecule has 4 heteroatoms. The maximum Gasteiger partial charge on any atom is 0.314 e. The summed E-state index contributed by atoms with van der Waals surface area (Å²) < 4.78 is 5.31. The minimum atomic E-state index is -0.111. The fourth-order valence-corrected chi connectivity index (χ4v) is 1.77. The topological polar surface area (TPSA) is 50.4 Å². The third-order valence-corrected chi connectivity index (χ3v) is 2.79. The van der Waals surface area contributed by atoms with Crippen LogP contribution < -0.4 is 15.4 Å². The van der Waals surface area contributed by atoms with Crippen LogP contribution in [0.2, 0.25) is 0 Å². The van der Waals surface area contributed by atoms with Gasteiger partial charge in [0.2, 0.25) is 0 Å². The highest BCUT2D eigenvalue weighted by Gasteiger charge is 2.05. The smallest absolute Gasteiger partial charge is 0.314 e. The van der Waals surface area contributed by atoms with Gasteiger partial charge in [0.05, 0.1) is 7.11 Å². The second kappa shape index (κ2) is 7.67. The summed E-state index contributed by atoms with van der Waals surface area (Å²) in [5.74, 6) is 1.33. The monoisotopic (exact) mass is 264 g/mol. The molecule has 1 aromatic carbocycles. The fourth-order valence-electron chi connectivity index (χ4n) is 1.77. The molecule has 0 aromatic heterocycles. The van der Waals surface area contributed by atoms with Crippen LogP contribution in [-0.2, 0) is 6.42 Å². The van der Waals surface area contributed by atoms with E-state index in [2.05, 4.69) is 30.5 Å². The summed E-state index contributed by atoms with van der Waals surface area (Å²) in [6, 6.07) is 5.96. The van der Waals surface area contributed by atoms with Crippen LogP contribution in [0.3, 0.4) is 0 Å². The highest BCUT2D eigenvalue weighted by Crippen LogP contribution is 2.19. The number of hydrogen-bond donors (Lipinski definition) is 2. The van der Waals surface area contributed by atoms with Crippen molar-refractivity contribution in [1.29, 1.82) is 0 Å².